The molecule has 0 bridgehead atoms. The molecule has 3 rings (SSSR count). The predicted molar refractivity (Wildman–Crippen MR) is 129 cm³/mol. The molecule has 3 aliphatic carbocycles. The van der Waals surface area contributed by atoms with Gasteiger partial charge < -0.3 is 15.3 Å². The fourth-order valence-electron chi connectivity index (χ4n) is 6.91. The highest BCUT2D eigenvalue weighted by Crippen LogP contribution is 2.60. The van der Waals surface area contributed by atoms with Gasteiger partial charge in [-0.3, -0.25) is 0 Å². The maximum atomic E-state index is 10.4. The molecular formula is C28H46O3. The van der Waals surface area contributed by atoms with Gasteiger partial charge in [0.25, 0.3) is 0 Å². The molecule has 0 aromatic rings. The van der Waals surface area contributed by atoms with Gasteiger partial charge in [-0.15, -0.1) is 0 Å². The van der Waals surface area contributed by atoms with E-state index in [1.807, 2.05) is 20.8 Å². The molecule has 3 fully saturated rings. The van der Waals surface area contributed by atoms with Gasteiger partial charge >= 0.3 is 0 Å². The Kier molecular flexibility index (Phi) is 7.61. The number of hydrogen-bond donors (Lipinski definition) is 3. The van der Waals surface area contributed by atoms with Crippen LogP contribution in [0.15, 0.2) is 35.5 Å². The van der Waals surface area contributed by atoms with Gasteiger partial charge in [-0.05, 0) is 93.1 Å². The Labute approximate surface area is 190 Å². The summed E-state index contributed by atoms with van der Waals surface area (Å²) in [6.07, 6.45) is 13.4. The van der Waals surface area contributed by atoms with Crippen LogP contribution in [0.3, 0.4) is 0 Å². The number of aliphatic hydroxyl groups is 3. The molecule has 3 aliphatic rings. The summed E-state index contributed by atoms with van der Waals surface area (Å²) in [4.78, 5) is 0. The topological polar surface area (TPSA) is 60.7 Å². The van der Waals surface area contributed by atoms with Crippen molar-refractivity contribution in [2.75, 3.05) is 0 Å². The van der Waals surface area contributed by atoms with E-state index in [1.54, 1.807) is 5.57 Å². The molecule has 0 heterocycles. The Morgan fingerprint density at radius 2 is 1.94 bits per heavy atom. The number of allylic oxidation sites excluding steroid dienone is 3. The van der Waals surface area contributed by atoms with Crippen LogP contribution in [0, 0.1) is 29.1 Å². The van der Waals surface area contributed by atoms with E-state index in [0.29, 0.717) is 23.7 Å². The quantitative estimate of drug-likeness (QED) is 0.488. The number of fused-ring (bicyclic) bond motifs is 1. The van der Waals surface area contributed by atoms with Crippen molar-refractivity contribution in [3.63, 3.8) is 0 Å². The molecule has 7 atom stereocenters. The standard InChI is InChI=1S/C28H46O3/c1-18(9-7-15-27(4,5)31)23-13-14-24-21(10-8-16-28(23,24)6)11-12-22-17-25(29)20(3)26(30)19(22)2/h11-12,18,20,23-26,29-31H,2,7-10,13-17H2,1,3-6H3/b21-11+,22-12-/t18-,20-,23-,24?,25-,26+,28-/m1/s1. The molecule has 31 heavy (non-hydrogen) atoms. The smallest absolute Gasteiger partial charge is 0.0837 e. The van der Waals surface area contributed by atoms with Crippen LogP contribution in [-0.2, 0) is 0 Å². The molecule has 3 saturated carbocycles. The lowest BCUT2D eigenvalue weighted by Gasteiger charge is -2.44. The van der Waals surface area contributed by atoms with E-state index in [2.05, 4.69) is 32.6 Å². The van der Waals surface area contributed by atoms with Gasteiger partial charge in [0.1, 0.15) is 0 Å². The Balaban J connectivity index is 1.71. The molecule has 0 aliphatic heterocycles. The van der Waals surface area contributed by atoms with Crippen LogP contribution in [0.4, 0.5) is 0 Å². The minimum atomic E-state index is -0.648. The molecule has 0 saturated heterocycles. The van der Waals surface area contributed by atoms with Crippen molar-refractivity contribution < 1.29 is 15.3 Å². The summed E-state index contributed by atoms with van der Waals surface area (Å²) in [5.74, 6) is 1.94. The van der Waals surface area contributed by atoms with Crippen LogP contribution in [0.25, 0.3) is 0 Å². The summed E-state index contributed by atoms with van der Waals surface area (Å²) in [6.45, 7) is 14.8. The summed E-state index contributed by atoms with van der Waals surface area (Å²) in [5.41, 5.74) is 3.15. The van der Waals surface area contributed by atoms with E-state index in [9.17, 15) is 15.3 Å². The van der Waals surface area contributed by atoms with Gasteiger partial charge in [0, 0.05) is 5.92 Å². The minimum absolute atomic E-state index is 0.149. The molecule has 3 nitrogen and oxygen atoms in total. The van der Waals surface area contributed by atoms with Gasteiger partial charge in [-0.2, -0.15) is 0 Å². The van der Waals surface area contributed by atoms with Gasteiger partial charge in [0.2, 0.25) is 0 Å². The van der Waals surface area contributed by atoms with Crippen molar-refractivity contribution in [3.8, 4) is 0 Å². The largest absolute Gasteiger partial charge is 0.392 e. The SMILES string of the molecule is C=C1/C(=C\C=C2/CCC[C@@]3(C)C2CC[C@@H]3[C@H](C)CCCC(C)(C)O)C[C@@H](O)[C@@H](C)[C@H]1O. The lowest BCUT2D eigenvalue weighted by Crippen LogP contribution is -2.36. The van der Waals surface area contributed by atoms with E-state index in [0.717, 1.165) is 36.3 Å². The minimum Gasteiger partial charge on any atom is -0.392 e. The summed E-state index contributed by atoms with van der Waals surface area (Å²) >= 11 is 0. The van der Waals surface area contributed by atoms with Crippen LogP contribution >= 0.6 is 0 Å². The summed E-state index contributed by atoms with van der Waals surface area (Å²) in [6, 6.07) is 0. The van der Waals surface area contributed by atoms with E-state index in [1.165, 1.54) is 32.1 Å². The third-order valence-electron chi connectivity index (χ3n) is 8.97. The second kappa shape index (κ2) is 9.53. The molecule has 0 radical (unpaired) electrons. The first-order valence-corrected chi connectivity index (χ1v) is 12.6. The second-order valence-electron chi connectivity index (χ2n) is 11.8. The van der Waals surface area contributed by atoms with Crippen LogP contribution in [0.5, 0.6) is 0 Å². The first-order chi connectivity index (χ1) is 14.4. The van der Waals surface area contributed by atoms with E-state index in [-0.39, 0.29) is 5.92 Å². The van der Waals surface area contributed by atoms with Gasteiger partial charge in [-0.1, -0.05) is 57.9 Å². The number of rotatable bonds is 6. The Bertz CT molecular complexity index is 712. The Morgan fingerprint density at radius 1 is 1.23 bits per heavy atom. The van der Waals surface area contributed by atoms with Crippen molar-refractivity contribution in [2.24, 2.45) is 29.1 Å². The molecule has 0 spiro atoms. The molecular weight excluding hydrogens is 384 g/mol. The van der Waals surface area contributed by atoms with Gasteiger partial charge in [-0.25, -0.2) is 0 Å². The van der Waals surface area contributed by atoms with E-state index < -0.39 is 17.8 Å². The van der Waals surface area contributed by atoms with E-state index in [4.69, 9.17) is 0 Å². The highest BCUT2D eigenvalue weighted by Gasteiger charge is 2.50. The number of hydrogen-bond acceptors (Lipinski definition) is 3. The van der Waals surface area contributed by atoms with Crippen molar-refractivity contribution >= 4 is 0 Å². The molecule has 0 aromatic heterocycles. The van der Waals surface area contributed by atoms with Crippen LogP contribution in [0.1, 0.15) is 92.4 Å². The summed E-state index contributed by atoms with van der Waals surface area (Å²) in [5, 5.41) is 30.7. The Hall–Kier alpha value is -0.900. The van der Waals surface area contributed by atoms with Crippen molar-refractivity contribution in [1.82, 2.24) is 0 Å². The van der Waals surface area contributed by atoms with Gasteiger partial charge in [0.05, 0.1) is 17.8 Å². The maximum absolute atomic E-state index is 10.4. The molecule has 3 heteroatoms. The molecule has 1 unspecified atom stereocenters. The highest BCUT2D eigenvalue weighted by molar-refractivity contribution is 5.39. The molecule has 0 aromatic carbocycles. The Morgan fingerprint density at radius 3 is 2.61 bits per heavy atom. The molecule has 3 N–H and O–H groups in total. The predicted octanol–water partition coefficient (Wildman–Crippen LogP) is 5.95. The van der Waals surface area contributed by atoms with Crippen LogP contribution < -0.4 is 0 Å². The summed E-state index contributed by atoms with van der Waals surface area (Å²) in [7, 11) is 0. The molecule has 176 valence electrons. The van der Waals surface area contributed by atoms with Crippen molar-refractivity contribution in [1.29, 1.82) is 0 Å². The fraction of sp³-hybridized carbons (Fsp3) is 0.786. The maximum Gasteiger partial charge on any atom is 0.0837 e. The first kappa shape index (κ1) is 24.7. The molecule has 0 amide bonds. The van der Waals surface area contributed by atoms with Crippen LogP contribution in [0.2, 0.25) is 0 Å². The second-order valence-corrected chi connectivity index (χ2v) is 11.8. The van der Waals surface area contributed by atoms with Crippen LogP contribution in [-0.4, -0.2) is 33.1 Å². The summed E-state index contributed by atoms with van der Waals surface area (Å²) < 4.78 is 0. The van der Waals surface area contributed by atoms with Crippen molar-refractivity contribution in [3.05, 3.63) is 35.5 Å². The monoisotopic (exact) mass is 430 g/mol. The average molecular weight is 431 g/mol. The average Bonchev–Trinajstić information content (AvgIpc) is 3.04. The highest BCUT2D eigenvalue weighted by atomic mass is 16.3. The number of aliphatic hydroxyl groups excluding tert-OH is 2. The third-order valence-corrected chi connectivity index (χ3v) is 8.97. The van der Waals surface area contributed by atoms with Gasteiger partial charge in [0.15, 0.2) is 0 Å². The van der Waals surface area contributed by atoms with E-state index >= 15 is 0 Å². The zero-order valence-electron chi connectivity index (χ0n) is 20.5. The van der Waals surface area contributed by atoms with Crippen molar-refractivity contribution in [2.45, 2.75) is 110 Å². The third kappa shape index (κ3) is 5.37. The lowest BCUT2D eigenvalue weighted by atomic mass is 9.60. The lowest BCUT2D eigenvalue weighted by molar-refractivity contribution is 0.0283. The first-order valence-electron chi connectivity index (χ1n) is 12.6. The normalized spacial score (nSPS) is 40.4. The fourth-order valence-corrected chi connectivity index (χ4v) is 6.91. The zero-order chi connectivity index (χ0) is 23.0. The zero-order valence-corrected chi connectivity index (χ0v) is 20.5.